The molecule has 0 saturated heterocycles. The highest BCUT2D eigenvalue weighted by atomic mass is 16.4. The molecule has 0 aliphatic carbocycles. The predicted octanol–water partition coefficient (Wildman–Crippen LogP) is -0.0361. The first kappa shape index (κ1) is 13.5. The summed E-state index contributed by atoms with van der Waals surface area (Å²) in [6.45, 7) is 4.79. The molecule has 0 aliphatic heterocycles. The lowest BCUT2D eigenvalue weighted by atomic mass is 9.89. The van der Waals surface area contributed by atoms with Crippen LogP contribution in [0.25, 0.3) is 5.53 Å². The van der Waals surface area contributed by atoms with Crippen molar-refractivity contribution in [2.75, 3.05) is 0 Å². The van der Waals surface area contributed by atoms with Crippen LogP contribution < -0.4 is 0 Å². The number of aliphatic hydroxyl groups is 1. The summed E-state index contributed by atoms with van der Waals surface area (Å²) in [4.78, 5) is 24.3. The van der Waals surface area contributed by atoms with Crippen LogP contribution in [0.3, 0.4) is 0 Å². The van der Waals surface area contributed by atoms with Crippen molar-refractivity contribution in [2.45, 2.75) is 26.9 Å². The Kier molecular flexibility index (Phi) is 4.84. The van der Waals surface area contributed by atoms with E-state index in [9.17, 15) is 14.7 Å². The van der Waals surface area contributed by atoms with Crippen molar-refractivity contribution in [1.82, 2.24) is 0 Å². The molecule has 0 radical (unpaired) electrons. The van der Waals surface area contributed by atoms with Gasteiger partial charge >= 0.3 is 11.7 Å². The minimum absolute atomic E-state index is 0.183. The molecule has 15 heavy (non-hydrogen) atoms. The molecule has 6 heteroatoms. The van der Waals surface area contributed by atoms with E-state index in [0.29, 0.717) is 0 Å². The van der Waals surface area contributed by atoms with Gasteiger partial charge in [0.15, 0.2) is 0 Å². The topological polar surface area (TPSA) is 111 Å². The molecule has 2 atom stereocenters. The molecule has 0 aromatic carbocycles. The summed E-state index contributed by atoms with van der Waals surface area (Å²) in [6.07, 6.45) is -0.964. The third-order valence-electron chi connectivity index (χ3n) is 2.14. The second kappa shape index (κ2) is 5.38. The first-order chi connectivity index (χ1) is 6.82. The fourth-order valence-electron chi connectivity index (χ4n) is 1.15. The number of aliphatic hydroxyl groups excluding tert-OH is 1. The Hall–Kier alpha value is -1.52. The summed E-state index contributed by atoms with van der Waals surface area (Å²) in [5, 5.41) is 18.1. The SMILES string of the molecule is CC(C)C(O)C(C)C(=O)C(=[N+]=[N-])C(=O)O. The van der Waals surface area contributed by atoms with Gasteiger partial charge in [0.25, 0.3) is 5.78 Å². The summed E-state index contributed by atoms with van der Waals surface area (Å²) < 4.78 is 0. The number of hydrogen-bond donors (Lipinski definition) is 2. The van der Waals surface area contributed by atoms with Crippen molar-refractivity contribution in [2.24, 2.45) is 11.8 Å². The average molecular weight is 214 g/mol. The van der Waals surface area contributed by atoms with E-state index in [1.165, 1.54) is 6.92 Å². The standard InChI is InChI=1S/C9H14N2O4/c1-4(2)7(12)5(3)8(13)6(11-10)9(14)15/h4-5,7,12H,1-3H3,(H,14,15). The molecule has 0 aromatic rings. The summed E-state index contributed by atoms with van der Waals surface area (Å²) in [5.41, 5.74) is 7.38. The lowest BCUT2D eigenvalue weighted by Gasteiger charge is -2.18. The van der Waals surface area contributed by atoms with Crippen LogP contribution in [0.4, 0.5) is 0 Å². The number of nitrogens with zero attached hydrogens (tertiary/aromatic N) is 2. The molecule has 84 valence electrons. The maximum atomic E-state index is 11.4. The van der Waals surface area contributed by atoms with Crippen LogP contribution >= 0.6 is 0 Å². The fraction of sp³-hybridized carbons (Fsp3) is 0.667. The average Bonchev–Trinajstić information content (AvgIpc) is 2.15. The van der Waals surface area contributed by atoms with Gasteiger partial charge in [-0.1, -0.05) is 20.8 Å². The van der Waals surface area contributed by atoms with Gasteiger partial charge in [0.2, 0.25) is 0 Å². The molecule has 0 rings (SSSR count). The van der Waals surface area contributed by atoms with Crippen LogP contribution in [0.2, 0.25) is 0 Å². The third kappa shape index (κ3) is 3.27. The van der Waals surface area contributed by atoms with Gasteiger partial charge in [-0.25, -0.2) is 4.79 Å². The molecular weight excluding hydrogens is 200 g/mol. The van der Waals surface area contributed by atoms with Crippen LogP contribution in [0, 0.1) is 11.8 Å². The molecule has 0 aliphatic rings. The van der Waals surface area contributed by atoms with E-state index in [1.807, 2.05) is 0 Å². The van der Waals surface area contributed by atoms with Gasteiger partial charge in [0.1, 0.15) is 0 Å². The van der Waals surface area contributed by atoms with Crippen molar-refractivity contribution in [3.05, 3.63) is 5.53 Å². The number of ketones is 1. The maximum absolute atomic E-state index is 11.4. The Balaban J connectivity index is 4.87. The monoisotopic (exact) mass is 214 g/mol. The van der Waals surface area contributed by atoms with Crippen molar-refractivity contribution in [3.63, 3.8) is 0 Å². The fourth-order valence-corrected chi connectivity index (χ4v) is 1.15. The normalized spacial score (nSPS) is 14.2. The van der Waals surface area contributed by atoms with Gasteiger partial charge in [-0.15, -0.1) is 0 Å². The summed E-state index contributed by atoms with van der Waals surface area (Å²) in [5.74, 6) is -3.58. The van der Waals surface area contributed by atoms with Crippen molar-refractivity contribution in [1.29, 1.82) is 0 Å². The minimum atomic E-state index is -1.61. The second-order valence-electron chi connectivity index (χ2n) is 3.64. The van der Waals surface area contributed by atoms with Gasteiger partial charge in [0, 0.05) is 0 Å². The number of hydrogen-bond acceptors (Lipinski definition) is 3. The zero-order valence-corrected chi connectivity index (χ0v) is 8.84. The van der Waals surface area contributed by atoms with Crippen LogP contribution in [-0.2, 0) is 9.59 Å². The summed E-state index contributed by atoms with van der Waals surface area (Å²) in [6, 6.07) is 0. The van der Waals surface area contributed by atoms with E-state index in [1.54, 1.807) is 13.8 Å². The Bertz CT molecular complexity index is 318. The second-order valence-corrected chi connectivity index (χ2v) is 3.64. The Morgan fingerprint density at radius 2 is 1.73 bits per heavy atom. The number of carboxylic acids is 1. The molecule has 0 fully saturated rings. The van der Waals surface area contributed by atoms with Gasteiger partial charge < -0.3 is 15.7 Å². The molecule has 0 amide bonds. The van der Waals surface area contributed by atoms with Gasteiger partial charge in [0.05, 0.1) is 12.0 Å². The molecule has 0 spiro atoms. The Morgan fingerprint density at radius 1 is 1.27 bits per heavy atom. The predicted molar refractivity (Wildman–Crippen MR) is 51.3 cm³/mol. The van der Waals surface area contributed by atoms with Crippen molar-refractivity contribution < 1.29 is 24.6 Å². The zero-order chi connectivity index (χ0) is 12.2. The van der Waals surface area contributed by atoms with E-state index in [4.69, 9.17) is 10.6 Å². The van der Waals surface area contributed by atoms with Gasteiger partial charge in [-0.05, 0) is 5.92 Å². The van der Waals surface area contributed by atoms with Crippen LogP contribution in [-0.4, -0.2) is 38.6 Å². The molecule has 6 nitrogen and oxygen atoms in total. The summed E-state index contributed by atoms with van der Waals surface area (Å²) >= 11 is 0. The maximum Gasteiger partial charge on any atom is 0.441 e. The van der Waals surface area contributed by atoms with E-state index in [0.717, 1.165) is 0 Å². The minimum Gasteiger partial charge on any atom is -0.472 e. The van der Waals surface area contributed by atoms with E-state index >= 15 is 0 Å². The zero-order valence-electron chi connectivity index (χ0n) is 8.84. The number of carbonyl (C=O) groups is 2. The molecular formula is C9H14N2O4. The van der Waals surface area contributed by atoms with Gasteiger partial charge in [-0.2, -0.15) is 4.79 Å². The molecule has 0 aromatic heterocycles. The van der Waals surface area contributed by atoms with Crippen LogP contribution in [0.15, 0.2) is 0 Å². The molecule has 0 heterocycles. The number of carboxylic acid groups (broad SMARTS) is 1. The van der Waals surface area contributed by atoms with Crippen molar-refractivity contribution >= 4 is 17.5 Å². The molecule has 0 saturated carbocycles. The quantitative estimate of drug-likeness (QED) is 0.289. The van der Waals surface area contributed by atoms with Crippen LogP contribution in [0.5, 0.6) is 0 Å². The number of rotatable bonds is 5. The lowest BCUT2D eigenvalue weighted by Crippen LogP contribution is -2.37. The molecule has 2 unspecified atom stereocenters. The smallest absolute Gasteiger partial charge is 0.441 e. The molecule has 0 bridgehead atoms. The highest BCUT2D eigenvalue weighted by molar-refractivity contribution is 6.62. The number of Topliss-reactive ketones (excluding diaryl/α,β-unsaturated/α-hetero) is 1. The third-order valence-corrected chi connectivity index (χ3v) is 2.14. The largest absolute Gasteiger partial charge is 0.472 e. The number of aliphatic carboxylic acids is 1. The first-order valence-electron chi connectivity index (χ1n) is 4.50. The van der Waals surface area contributed by atoms with E-state index in [-0.39, 0.29) is 5.92 Å². The first-order valence-corrected chi connectivity index (χ1v) is 4.50. The highest BCUT2D eigenvalue weighted by Crippen LogP contribution is 2.13. The number of carbonyl (C=O) groups excluding carboxylic acids is 1. The summed E-state index contributed by atoms with van der Waals surface area (Å²) in [7, 11) is 0. The van der Waals surface area contributed by atoms with Crippen molar-refractivity contribution in [3.8, 4) is 0 Å². The van der Waals surface area contributed by atoms with Gasteiger partial charge in [-0.3, -0.25) is 4.79 Å². The van der Waals surface area contributed by atoms with E-state index < -0.39 is 29.5 Å². The Labute approximate surface area is 87.2 Å². The molecule has 2 N–H and O–H groups in total. The highest BCUT2D eigenvalue weighted by Gasteiger charge is 2.37. The van der Waals surface area contributed by atoms with E-state index in [2.05, 4.69) is 4.79 Å². The van der Waals surface area contributed by atoms with Crippen LogP contribution in [0.1, 0.15) is 20.8 Å². The lowest BCUT2D eigenvalue weighted by molar-refractivity contribution is -0.138. The Morgan fingerprint density at radius 3 is 2.00 bits per heavy atom.